The van der Waals surface area contributed by atoms with Gasteiger partial charge in [0.15, 0.2) is 11.6 Å². The Bertz CT molecular complexity index is 718. The summed E-state index contributed by atoms with van der Waals surface area (Å²) in [6, 6.07) is 5.84. The summed E-state index contributed by atoms with van der Waals surface area (Å²) in [6.45, 7) is 4.09. The van der Waals surface area contributed by atoms with Gasteiger partial charge in [0.25, 0.3) is 0 Å². The number of nitrogens with two attached hydrogens (primary N) is 1. The molecule has 1 aliphatic heterocycles. The molecule has 1 spiro atoms. The molecular weight excluding hydrogens is 316 g/mol. The van der Waals surface area contributed by atoms with Crippen LogP contribution in [0.15, 0.2) is 28.2 Å². The number of esters is 1. The van der Waals surface area contributed by atoms with E-state index in [9.17, 15) is 4.79 Å². The molecule has 1 saturated carbocycles. The van der Waals surface area contributed by atoms with Crippen molar-refractivity contribution in [1.82, 2.24) is 5.32 Å². The standard InChI is InChI=1S/C19H26N4O2/c1-3-25-17(24)15-11-14(8-7-13(15)2)12-16-21-18(20)23-19(22-16)9-5-4-6-10-19/h7-8,11H,3-6,9-10,12H2,1-2H3,(H3,20,21,22,23). The Morgan fingerprint density at radius 1 is 1.28 bits per heavy atom. The molecule has 2 aliphatic rings. The van der Waals surface area contributed by atoms with Crippen molar-refractivity contribution >= 4 is 17.8 Å². The summed E-state index contributed by atoms with van der Waals surface area (Å²) in [7, 11) is 0. The molecule has 1 fully saturated rings. The van der Waals surface area contributed by atoms with Crippen LogP contribution in [0, 0.1) is 6.92 Å². The van der Waals surface area contributed by atoms with E-state index in [4.69, 9.17) is 15.5 Å². The maximum absolute atomic E-state index is 12.1. The number of guanidine groups is 1. The second kappa shape index (κ2) is 7.25. The van der Waals surface area contributed by atoms with Crippen molar-refractivity contribution in [3.63, 3.8) is 0 Å². The highest BCUT2D eigenvalue weighted by atomic mass is 16.5. The summed E-state index contributed by atoms with van der Waals surface area (Å²) in [4.78, 5) is 21.5. The number of carbonyl (C=O) groups excluding carboxylic acids is 1. The van der Waals surface area contributed by atoms with Crippen molar-refractivity contribution in [3.8, 4) is 0 Å². The van der Waals surface area contributed by atoms with E-state index >= 15 is 0 Å². The molecule has 0 aromatic heterocycles. The first-order valence-corrected chi connectivity index (χ1v) is 8.99. The molecule has 0 bridgehead atoms. The summed E-state index contributed by atoms with van der Waals surface area (Å²) in [6.07, 6.45) is 5.97. The first kappa shape index (κ1) is 17.5. The van der Waals surface area contributed by atoms with Gasteiger partial charge in [-0.05, 0) is 56.7 Å². The number of benzene rings is 1. The van der Waals surface area contributed by atoms with E-state index in [0.29, 0.717) is 24.6 Å². The number of aryl methyl sites for hydroxylation is 1. The third kappa shape index (κ3) is 4.00. The molecule has 1 aromatic rings. The van der Waals surface area contributed by atoms with Crippen LogP contribution in [-0.2, 0) is 11.2 Å². The van der Waals surface area contributed by atoms with Crippen LogP contribution >= 0.6 is 0 Å². The Kier molecular flexibility index (Phi) is 5.06. The number of rotatable bonds is 4. The highest BCUT2D eigenvalue weighted by molar-refractivity contribution is 6.02. The van der Waals surface area contributed by atoms with Gasteiger partial charge >= 0.3 is 5.97 Å². The van der Waals surface area contributed by atoms with E-state index in [1.54, 1.807) is 0 Å². The summed E-state index contributed by atoms with van der Waals surface area (Å²) >= 11 is 0. The van der Waals surface area contributed by atoms with E-state index in [0.717, 1.165) is 42.6 Å². The van der Waals surface area contributed by atoms with Crippen LogP contribution in [0.25, 0.3) is 0 Å². The van der Waals surface area contributed by atoms with E-state index in [1.807, 2.05) is 32.0 Å². The number of ether oxygens (including phenoxy) is 1. The number of carbonyl (C=O) groups is 1. The number of nitrogens with zero attached hydrogens (tertiary/aromatic N) is 2. The van der Waals surface area contributed by atoms with E-state index in [2.05, 4.69) is 10.3 Å². The van der Waals surface area contributed by atoms with Crippen LogP contribution in [0.4, 0.5) is 0 Å². The van der Waals surface area contributed by atoms with Crippen LogP contribution < -0.4 is 11.1 Å². The second-order valence-electron chi connectivity index (χ2n) is 6.77. The lowest BCUT2D eigenvalue weighted by Crippen LogP contribution is -2.47. The molecule has 0 atom stereocenters. The fourth-order valence-electron chi connectivity index (χ4n) is 3.53. The number of aliphatic imine (C=N–C) groups is 2. The summed E-state index contributed by atoms with van der Waals surface area (Å²) in [5, 5.41) is 3.09. The number of nitrogens with one attached hydrogen (secondary N) is 1. The van der Waals surface area contributed by atoms with Crippen LogP contribution in [0.3, 0.4) is 0 Å². The van der Waals surface area contributed by atoms with Gasteiger partial charge in [-0.2, -0.15) is 0 Å². The van der Waals surface area contributed by atoms with Gasteiger partial charge in [-0.25, -0.2) is 14.8 Å². The maximum Gasteiger partial charge on any atom is 0.338 e. The number of hydrogen-bond acceptors (Lipinski definition) is 6. The topological polar surface area (TPSA) is 89.1 Å². The molecule has 6 nitrogen and oxygen atoms in total. The molecule has 3 N–H and O–H groups in total. The van der Waals surface area contributed by atoms with Crippen molar-refractivity contribution in [2.75, 3.05) is 6.61 Å². The lowest BCUT2D eigenvalue weighted by Gasteiger charge is -2.34. The molecule has 3 rings (SSSR count). The highest BCUT2D eigenvalue weighted by Gasteiger charge is 2.34. The molecule has 134 valence electrons. The summed E-state index contributed by atoms with van der Waals surface area (Å²) in [5.74, 6) is 0.961. The first-order chi connectivity index (χ1) is 12.0. The monoisotopic (exact) mass is 342 g/mol. The molecule has 0 amide bonds. The maximum atomic E-state index is 12.1. The molecule has 0 radical (unpaired) electrons. The van der Waals surface area contributed by atoms with Gasteiger partial charge in [0.1, 0.15) is 5.84 Å². The van der Waals surface area contributed by atoms with E-state index in [1.165, 1.54) is 6.42 Å². The van der Waals surface area contributed by atoms with Gasteiger partial charge < -0.3 is 15.8 Å². The van der Waals surface area contributed by atoms with Crippen molar-refractivity contribution in [2.24, 2.45) is 15.7 Å². The Balaban J connectivity index is 1.82. The van der Waals surface area contributed by atoms with Gasteiger partial charge in [-0.15, -0.1) is 0 Å². The first-order valence-electron chi connectivity index (χ1n) is 8.99. The van der Waals surface area contributed by atoms with Gasteiger partial charge in [0, 0.05) is 6.42 Å². The third-order valence-corrected chi connectivity index (χ3v) is 4.77. The largest absolute Gasteiger partial charge is 0.462 e. The molecule has 6 heteroatoms. The smallest absolute Gasteiger partial charge is 0.338 e. The van der Waals surface area contributed by atoms with Gasteiger partial charge in [0.2, 0.25) is 0 Å². The Morgan fingerprint density at radius 3 is 2.76 bits per heavy atom. The van der Waals surface area contributed by atoms with Crippen molar-refractivity contribution in [1.29, 1.82) is 0 Å². The average Bonchev–Trinajstić information content (AvgIpc) is 2.56. The average molecular weight is 342 g/mol. The van der Waals surface area contributed by atoms with E-state index in [-0.39, 0.29) is 5.97 Å². The minimum Gasteiger partial charge on any atom is -0.462 e. The summed E-state index contributed by atoms with van der Waals surface area (Å²) in [5.41, 5.74) is 8.13. The van der Waals surface area contributed by atoms with Crippen molar-refractivity contribution in [3.05, 3.63) is 34.9 Å². The molecular formula is C19H26N4O2. The zero-order valence-corrected chi connectivity index (χ0v) is 15.0. The minimum absolute atomic E-state index is 0.287. The Labute approximate surface area is 148 Å². The molecule has 1 aliphatic carbocycles. The van der Waals surface area contributed by atoms with Crippen LogP contribution in [0.1, 0.15) is 60.5 Å². The predicted octanol–water partition coefficient (Wildman–Crippen LogP) is 2.69. The minimum atomic E-state index is -0.391. The highest BCUT2D eigenvalue weighted by Crippen LogP contribution is 2.34. The molecule has 25 heavy (non-hydrogen) atoms. The van der Waals surface area contributed by atoms with Crippen molar-refractivity contribution in [2.45, 2.75) is 58.0 Å². The van der Waals surface area contributed by atoms with Gasteiger partial charge in [-0.3, -0.25) is 0 Å². The third-order valence-electron chi connectivity index (χ3n) is 4.77. The SMILES string of the molecule is CCOC(=O)c1cc(CC2=NC3(CCCCC3)N=C(N)N2)ccc1C. The van der Waals surface area contributed by atoms with Crippen LogP contribution in [-0.4, -0.2) is 30.0 Å². The zero-order valence-electron chi connectivity index (χ0n) is 15.0. The zero-order chi connectivity index (χ0) is 17.9. The van der Waals surface area contributed by atoms with E-state index < -0.39 is 5.66 Å². The fourth-order valence-corrected chi connectivity index (χ4v) is 3.53. The lowest BCUT2D eigenvalue weighted by molar-refractivity contribution is 0.0525. The molecule has 1 aromatic carbocycles. The second-order valence-corrected chi connectivity index (χ2v) is 6.77. The Hall–Kier alpha value is -2.37. The van der Waals surface area contributed by atoms with Crippen LogP contribution in [0.2, 0.25) is 0 Å². The van der Waals surface area contributed by atoms with Crippen molar-refractivity contribution < 1.29 is 9.53 Å². The number of hydrogen-bond donors (Lipinski definition) is 2. The van der Waals surface area contributed by atoms with Gasteiger partial charge in [0.05, 0.1) is 12.2 Å². The molecule has 0 unspecified atom stereocenters. The lowest BCUT2D eigenvalue weighted by atomic mass is 9.89. The Morgan fingerprint density at radius 2 is 2.04 bits per heavy atom. The fraction of sp³-hybridized carbons (Fsp3) is 0.526. The number of amidine groups is 1. The molecule has 0 saturated heterocycles. The molecule has 1 heterocycles. The normalized spacial score (nSPS) is 19.0. The van der Waals surface area contributed by atoms with Crippen LogP contribution in [0.5, 0.6) is 0 Å². The quantitative estimate of drug-likeness (QED) is 0.823. The van der Waals surface area contributed by atoms with Gasteiger partial charge in [-0.1, -0.05) is 18.6 Å². The summed E-state index contributed by atoms with van der Waals surface area (Å²) < 4.78 is 5.14. The predicted molar refractivity (Wildman–Crippen MR) is 98.8 cm³/mol.